The van der Waals surface area contributed by atoms with Crippen molar-refractivity contribution in [3.8, 4) is 0 Å². The van der Waals surface area contributed by atoms with Crippen molar-refractivity contribution in [2.24, 2.45) is 5.92 Å². The number of benzene rings is 3. The molecule has 3 aromatic rings. The highest BCUT2D eigenvalue weighted by Gasteiger charge is 2.38. The van der Waals surface area contributed by atoms with Crippen molar-refractivity contribution in [1.82, 2.24) is 10.7 Å². The van der Waals surface area contributed by atoms with Gasteiger partial charge in [-0.15, -0.1) is 0 Å². The minimum absolute atomic E-state index is 0.0463. The maximum absolute atomic E-state index is 12.9. The van der Waals surface area contributed by atoms with Crippen molar-refractivity contribution in [3.63, 3.8) is 0 Å². The van der Waals surface area contributed by atoms with Gasteiger partial charge in [-0.3, -0.25) is 10.3 Å². The van der Waals surface area contributed by atoms with Crippen LogP contribution in [0, 0.1) is 5.92 Å². The summed E-state index contributed by atoms with van der Waals surface area (Å²) in [5.74, 6) is 0.910. The van der Waals surface area contributed by atoms with E-state index in [0.29, 0.717) is 5.82 Å². The summed E-state index contributed by atoms with van der Waals surface area (Å²) in [5.41, 5.74) is 5.87. The zero-order chi connectivity index (χ0) is 22.0. The summed E-state index contributed by atoms with van der Waals surface area (Å²) in [4.78, 5) is 12.9. The molecule has 0 bridgehead atoms. The molecule has 31 heavy (non-hydrogen) atoms. The molecule has 0 saturated heterocycles. The first-order valence-corrected chi connectivity index (χ1v) is 11.2. The Labute approximate surface area is 195 Å². The third-order valence-electron chi connectivity index (χ3n) is 5.34. The molecule has 0 spiro atoms. The van der Waals surface area contributed by atoms with E-state index in [-0.39, 0.29) is 22.1 Å². The average molecular weight is 528 g/mol. The van der Waals surface area contributed by atoms with Gasteiger partial charge < -0.3 is 10.4 Å². The van der Waals surface area contributed by atoms with Crippen LogP contribution >= 0.6 is 22.6 Å². The molecule has 1 heterocycles. The number of carbonyl (C=O) groups excluding carboxylic acids is 1. The lowest BCUT2D eigenvalue weighted by molar-refractivity contribution is 0.254. The van der Waals surface area contributed by atoms with Crippen molar-refractivity contribution in [2.45, 2.75) is 24.0 Å². The van der Waals surface area contributed by atoms with Crippen molar-refractivity contribution < 1.29 is 9.90 Å². The molecule has 7 heteroatoms. The molecule has 0 radical (unpaired) electrons. The fourth-order valence-electron chi connectivity index (χ4n) is 3.52. The molecule has 1 atom stereocenters. The van der Waals surface area contributed by atoms with Crippen LogP contribution in [-0.4, -0.2) is 14.7 Å². The fourth-order valence-corrected chi connectivity index (χ4v) is 4.05. The first kappa shape index (κ1) is 21.6. The molecule has 160 valence electrons. The smallest absolute Gasteiger partial charge is 0.324 e. The molecule has 3 aromatic carbocycles. The van der Waals surface area contributed by atoms with E-state index < -0.39 is 0 Å². The number of carbonyl (C=O) groups is 1. The van der Waals surface area contributed by atoms with Crippen LogP contribution < -0.4 is 21.1 Å². The van der Waals surface area contributed by atoms with E-state index in [9.17, 15) is 9.90 Å². The second kappa shape index (κ2) is 8.86. The highest BCUT2D eigenvalue weighted by molar-refractivity contribution is 14.1. The number of aliphatic hydroxyl groups excluding tert-OH is 1. The number of fused-ring (bicyclic) bond motifs is 1. The van der Waals surface area contributed by atoms with Crippen molar-refractivity contribution in [2.75, 3.05) is 10.3 Å². The highest BCUT2D eigenvalue weighted by Crippen LogP contribution is 2.36. The van der Waals surface area contributed by atoms with Gasteiger partial charge in [-0.25, -0.2) is 10.2 Å². The lowest BCUT2D eigenvalue weighted by Crippen LogP contribution is -2.48. The van der Waals surface area contributed by atoms with Gasteiger partial charge in [0.15, 0.2) is 0 Å². The standard InChI is InChI=1S/C24H25IN4O2/c1-16(2)24(25)14-22(29(28-24)19-10-5-7-17(13-19)15-30)27-23(31)26-21-12-6-9-18-8-3-4-11-20(18)21/h3-14,16,28,30H,15H2,1-2H3,(H2,26,27,31). The molecule has 4 N–H and O–H groups in total. The number of aliphatic hydroxyl groups is 1. The van der Waals surface area contributed by atoms with E-state index in [4.69, 9.17) is 0 Å². The van der Waals surface area contributed by atoms with Gasteiger partial charge in [-0.2, -0.15) is 0 Å². The SMILES string of the molecule is CC(C)C1(I)C=C(NC(=O)Nc2cccc3ccccc23)N(c2cccc(CO)c2)N1. The monoisotopic (exact) mass is 528 g/mol. The summed E-state index contributed by atoms with van der Waals surface area (Å²) < 4.78 is -0.366. The molecule has 1 aliphatic heterocycles. The van der Waals surface area contributed by atoms with E-state index in [1.165, 1.54) is 0 Å². The van der Waals surface area contributed by atoms with Gasteiger partial charge in [-0.05, 0) is 41.1 Å². The van der Waals surface area contributed by atoms with Gasteiger partial charge in [0, 0.05) is 5.39 Å². The number of rotatable bonds is 5. The molecular formula is C24H25IN4O2. The summed E-state index contributed by atoms with van der Waals surface area (Å²) in [6.07, 6.45) is 2.02. The molecule has 1 unspecified atom stereocenters. The van der Waals surface area contributed by atoms with Gasteiger partial charge in [0.1, 0.15) is 9.37 Å². The predicted molar refractivity (Wildman–Crippen MR) is 134 cm³/mol. The summed E-state index contributed by atoms with van der Waals surface area (Å²) >= 11 is 2.36. The maximum Gasteiger partial charge on any atom is 0.324 e. The summed E-state index contributed by atoms with van der Waals surface area (Å²) in [5, 5.41) is 19.4. The van der Waals surface area contributed by atoms with Crippen LogP contribution in [-0.2, 0) is 6.61 Å². The third kappa shape index (κ3) is 4.53. The van der Waals surface area contributed by atoms with Gasteiger partial charge >= 0.3 is 6.03 Å². The minimum Gasteiger partial charge on any atom is -0.392 e. The van der Waals surface area contributed by atoms with E-state index >= 15 is 0 Å². The number of alkyl halides is 1. The Morgan fingerprint density at radius 1 is 1.10 bits per heavy atom. The Morgan fingerprint density at radius 3 is 2.61 bits per heavy atom. The third-order valence-corrected chi connectivity index (χ3v) is 7.14. The Hall–Kier alpha value is -2.62. The number of nitrogens with one attached hydrogen (secondary N) is 3. The first-order chi connectivity index (χ1) is 14.9. The number of hydrogen-bond donors (Lipinski definition) is 4. The lowest BCUT2D eigenvalue weighted by atomic mass is 10.1. The molecule has 0 saturated carbocycles. The predicted octanol–water partition coefficient (Wildman–Crippen LogP) is 5.11. The van der Waals surface area contributed by atoms with Crippen LogP contribution in [0.25, 0.3) is 10.8 Å². The minimum atomic E-state index is -0.366. The topological polar surface area (TPSA) is 76.6 Å². The van der Waals surface area contributed by atoms with Crippen LogP contribution in [0.3, 0.4) is 0 Å². The van der Waals surface area contributed by atoms with Gasteiger partial charge in [-0.1, -0.05) is 85.0 Å². The average Bonchev–Trinajstić information content (AvgIpc) is 3.11. The molecule has 0 aliphatic carbocycles. The van der Waals surface area contributed by atoms with E-state index in [1.54, 1.807) is 0 Å². The van der Waals surface area contributed by atoms with Gasteiger partial charge in [0.2, 0.25) is 0 Å². The fraction of sp³-hybridized carbons (Fsp3) is 0.208. The van der Waals surface area contributed by atoms with Crippen LogP contribution in [0.5, 0.6) is 0 Å². The van der Waals surface area contributed by atoms with Crippen LogP contribution in [0.1, 0.15) is 19.4 Å². The summed E-state index contributed by atoms with van der Waals surface area (Å²) in [6, 6.07) is 21.0. The molecular weight excluding hydrogens is 503 g/mol. The normalized spacial score (nSPS) is 18.4. The van der Waals surface area contributed by atoms with Gasteiger partial charge in [0.05, 0.1) is 18.0 Å². The number of amides is 2. The number of anilines is 2. The Kier molecular flexibility index (Phi) is 6.17. The van der Waals surface area contributed by atoms with E-state index in [0.717, 1.165) is 27.7 Å². The van der Waals surface area contributed by atoms with Crippen LogP contribution in [0.2, 0.25) is 0 Å². The largest absolute Gasteiger partial charge is 0.392 e. The molecule has 4 rings (SSSR count). The second-order valence-electron chi connectivity index (χ2n) is 7.83. The zero-order valence-corrected chi connectivity index (χ0v) is 19.6. The Morgan fingerprint density at radius 2 is 1.84 bits per heavy atom. The molecule has 1 aliphatic rings. The lowest BCUT2D eigenvalue weighted by Gasteiger charge is -2.30. The van der Waals surface area contributed by atoms with E-state index in [1.807, 2.05) is 77.8 Å². The number of nitrogens with zero attached hydrogens (tertiary/aromatic N) is 1. The van der Waals surface area contributed by atoms with Crippen LogP contribution in [0.4, 0.5) is 16.2 Å². The summed E-state index contributed by atoms with van der Waals surface area (Å²) in [7, 11) is 0. The van der Waals surface area contributed by atoms with Gasteiger partial charge in [0.25, 0.3) is 0 Å². The molecule has 6 nitrogen and oxygen atoms in total. The second-order valence-corrected chi connectivity index (χ2v) is 9.62. The van der Waals surface area contributed by atoms with Crippen molar-refractivity contribution in [3.05, 3.63) is 84.2 Å². The number of halogens is 1. The molecule has 0 aromatic heterocycles. The number of hydrogen-bond acceptors (Lipinski definition) is 4. The first-order valence-electron chi connectivity index (χ1n) is 10.1. The Balaban J connectivity index is 1.60. The zero-order valence-electron chi connectivity index (χ0n) is 17.4. The molecule has 0 fully saturated rings. The Bertz CT molecular complexity index is 1140. The number of hydrazine groups is 1. The van der Waals surface area contributed by atoms with Crippen molar-refractivity contribution in [1.29, 1.82) is 0 Å². The van der Waals surface area contributed by atoms with E-state index in [2.05, 4.69) is 52.5 Å². The number of urea groups is 1. The quantitative estimate of drug-likeness (QED) is 0.211. The van der Waals surface area contributed by atoms with Crippen LogP contribution in [0.15, 0.2) is 78.6 Å². The maximum atomic E-state index is 12.9. The van der Waals surface area contributed by atoms with Crippen molar-refractivity contribution >= 4 is 50.8 Å². The molecule has 2 amide bonds. The summed E-state index contributed by atoms with van der Waals surface area (Å²) in [6.45, 7) is 4.20. The highest BCUT2D eigenvalue weighted by atomic mass is 127.